The molecule has 0 aromatic heterocycles. The number of carbonyl (C=O) groups is 2. The molecule has 0 saturated carbocycles. The second-order valence-corrected chi connectivity index (χ2v) is 18.4. The SMILES string of the molecule is O=C(CC(c1ccccc1)c1ccccc1)N1CCN(C(c2ccccc2)c2ccccc2)CC1.O=C(CC(c1ccccc1)c1ccccc1)N1CCN(C(c2ccccc2)c2ccccc2)CC1. The molecule has 10 rings (SSSR count). The fourth-order valence-corrected chi connectivity index (χ4v) is 10.4. The second-order valence-electron chi connectivity index (χ2n) is 18.4. The van der Waals surface area contributed by atoms with Crippen molar-refractivity contribution >= 4 is 11.8 Å². The van der Waals surface area contributed by atoms with Gasteiger partial charge < -0.3 is 9.80 Å². The van der Waals surface area contributed by atoms with Crippen LogP contribution in [0.2, 0.25) is 0 Å². The van der Waals surface area contributed by atoms with Crippen molar-refractivity contribution < 1.29 is 9.59 Å². The van der Waals surface area contributed by atoms with Crippen molar-refractivity contribution in [3.8, 4) is 0 Å². The number of hydrogen-bond acceptors (Lipinski definition) is 4. The van der Waals surface area contributed by atoms with Crippen LogP contribution in [0.1, 0.15) is 81.3 Å². The van der Waals surface area contributed by atoms with Gasteiger partial charge in [0.15, 0.2) is 0 Å². The second kappa shape index (κ2) is 24.3. The van der Waals surface area contributed by atoms with Crippen molar-refractivity contribution in [2.45, 2.75) is 36.8 Å². The van der Waals surface area contributed by atoms with Crippen LogP contribution in [0, 0.1) is 0 Å². The van der Waals surface area contributed by atoms with Crippen LogP contribution < -0.4 is 0 Å². The molecule has 0 spiro atoms. The molecule has 70 heavy (non-hydrogen) atoms. The van der Waals surface area contributed by atoms with E-state index in [0.717, 1.165) is 52.4 Å². The minimum atomic E-state index is 0.0734. The highest BCUT2D eigenvalue weighted by atomic mass is 16.2. The van der Waals surface area contributed by atoms with Crippen LogP contribution in [0.5, 0.6) is 0 Å². The smallest absolute Gasteiger partial charge is 0.223 e. The Kier molecular flexibility index (Phi) is 16.5. The van der Waals surface area contributed by atoms with E-state index in [4.69, 9.17) is 0 Å². The van der Waals surface area contributed by atoms with Crippen molar-refractivity contribution in [3.63, 3.8) is 0 Å². The first-order chi connectivity index (χ1) is 34.6. The first kappa shape index (κ1) is 47.7. The maximum Gasteiger partial charge on any atom is 0.223 e. The Morgan fingerprint density at radius 3 is 0.657 bits per heavy atom. The average Bonchev–Trinajstić information content (AvgIpc) is 3.44. The highest BCUT2D eigenvalue weighted by Crippen LogP contribution is 2.34. The molecule has 0 N–H and O–H groups in total. The quantitative estimate of drug-likeness (QED) is 0.109. The third-order valence-electron chi connectivity index (χ3n) is 14.1. The van der Waals surface area contributed by atoms with Crippen molar-refractivity contribution in [1.82, 2.24) is 19.6 Å². The molecule has 8 aromatic carbocycles. The summed E-state index contributed by atoms with van der Waals surface area (Å²) in [4.78, 5) is 36.1. The van der Waals surface area contributed by atoms with E-state index in [1.807, 2.05) is 24.3 Å². The summed E-state index contributed by atoms with van der Waals surface area (Å²) in [5.74, 6) is 0.616. The third-order valence-corrected chi connectivity index (χ3v) is 14.1. The summed E-state index contributed by atoms with van der Waals surface area (Å²) in [6.07, 6.45) is 0.990. The summed E-state index contributed by atoms with van der Waals surface area (Å²) in [5, 5.41) is 0. The molecule has 6 nitrogen and oxygen atoms in total. The van der Waals surface area contributed by atoms with Crippen molar-refractivity contribution in [2.24, 2.45) is 0 Å². The van der Waals surface area contributed by atoms with Crippen LogP contribution in [-0.4, -0.2) is 83.8 Å². The molecule has 6 heteroatoms. The molecule has 0 atom stereocenters. The van der Waals surface area contributed by atoms with Crippen molar-refractivity contribution in [2.75, 3.05) is 52.4 Å². The largest absolute Gasteiger partial charge is 0.340 e. The maximum absolute atomic E-state index is 13.5. The Labute approximate surface area is 415 Å². The van der Waals surface area contributed by atoms with Gasteiger partial charge in [-0.1, -0.05) is 243 Å². The van der Waals surface area contributed by atoms with Crippen LogP contribution in [0.25, 0.3) is 0 Å². The van der Waals surface area contributed by atoms with E-state index >= 15 is 0 Å². The number of nitrogens with zero attached hydrogens (tertiary/aromatic N) is 4. The Morgan fingerprint density at radius 2 is 0.457 bits per heavy atom. The highest BCUT2D eigenvalue weighted by molar-refractivity contribution is 5.78. The van der Waals surface area contributed by atoms with Crippen LogP contribution in [0.15, 0.2) is 243 Å². The van der Waals surface area contributed by atoms with Gasteiger partial charge in [-0.15, -0.1) is 0 Å². The molecule has 0 radical (unpaired) electrons. The topological polar surface area (TPSA) is 47.1 Å². The summed E-state index contributed by atoms with van der Waals surface area (Å²) >= 11 is 0. The molecule has 2 heterocycles. The summed E-state index contributed by atoms with van der Waals surface area (Å²) in [5.41, 5.74) is 9.97. The lowest BCUT2D eigenvalue weighted by Crippen LogP contribution is -2.50. The number of carbonyl (C=O) groups excluding carboxylic acids is 2. The fourth-order valence-electron chi connectivity index (χ4n) is 10.4. The zero-order valence-electron chi connectivity index (χ0n) is 40.1. The average molecular weight is 921 g/mol. The first-order valence-corrected chi connectivity index (χ1v) is 25.0. The number of benzene rings is 8. The minimum absolute atomic E-state index is 0.0734. The molecule has 0 bridgehead atoms. The van der Waals surface area contributed by atoms with E-state index < -0.39 is 0 Å². The highest BCUT2D eigenvalue weighted by Gasteiger charge is 2.31. The van der Waals surface area contributed by atoms with Gasteiger partial charge in [0.05, 0.1) is 12.1 Å². The molecule has 2 saturated heterocycles. The van der Waals surface area contributed by atoms with Gasteiger partial charge in [0, 0.05) is 77.0 Å². The molecule has 2 aliphatic rings. The summed E-state index contributed by atoms with van der Waals surface area (Å²) in [6.45, 7) is 6.47. The van der Waals surface area contributed by atoms with Gasteiger partial charge in [0.1, 0.15) is 0 Å². The molecule has 352 valence electrons. The number of rotatable bonds is 14. The number of piperazine rings is 2. The molecule has 0 aliphatic carbocycles. The Hall–Kier alpha value is -7.38. The predicted octanol–water partition coefficient (Wildman–Crippen LogP) is 12.3. The van der Waals surface area contributed by atoms with Crippen molar-refractivity contribution in [3.05, 3.63) is 287 Å². The van der Waals surface area contributed by atoms with Gasteiger partial charge in [-0.05, 0) is 44.5 Å². The van der Waals surface area contributed by atoms with E-state index in [0.29, 0.717) is 12.8 Å². The standard InChI is InChI=1S/2C32H32N2O/c2*35-31(25-30(26-13-5-1-6-14-26)27-15-7-2-8-16-27)33-21-23-34(24-22-33)32(28-17-9-3-10-18-28)29-19-11-4-12-20-29/h2*1-20,30,32H,21-25H2. The van der Waals surface area contributed by atoms with Gasteiger partial charge in [0.25, 0.3) is 0 Å². The lowest BCUT2D eigenvalue weighted by atomic mass is 9.88. The van der Waals surface area contributed by atoms with Crippen molar-refractivity contribution in [1.29, 1.82) is 0 Å². The van der Waals surface area contributed by atoms with Gasteiger partial charge in [0.2, 0.25) is 11.8 Å². The fraction of sp³-hybridized carbons (Fsp3) is 0.219. The van der Waals surface area contributed by atoms with E-state index in [1.54, 1.807) is 0 Å². The van der Waals surface area contributed by atoms with Gasteiger partial charge >= 0.3 is 0 Å². The predicted molar refractivity (Wildman–Crippen MR) is 284 cm³/mol. The maximum atomic E-state index is 13.5. The molecule has 0 unspecified atom stereocenters. The first-order valence-electron chi connectivity index (χ1n) is 25.0. The van der Waals surface area contributed by atoms with E-state index in [1.165, 1.54) is 44.5 Å². The molecule has 8 aromatic rings. The summed E-state index contributed by atoms with van der Waals surface area (Å²) < 4.78 is 0. The lowest BCUT2D eigenvalue weighted by Gasteiger charge is -2.40. The number of hydrogen-bond donors (Lipinski definition) is 0. The lowest BCUT2D eigenvalue weighted by molar-refractivity contribution is -0.134. The molecular weight excluding hydrogens is 857 g/mol. The minimum Gasteiger partial charge on any atom is -0.340 e. The third kappa shape index (κ3) is 12.3. The zero-order valence-corrected chi connectivity index (χ0v) is 40.1. The van der Waals surface area contributed by atoms with Crippen LogP contribution in [0.3, 0.4) is 0 Å². The summed E-state index contributed by atoms with van der Waals surface area (Å²) in [7, 11) is 0. The summed E-state index contributed by atoms with van der Waals surface area (Å²) in [6, 6.07) is 84.9. The van der Waals surface area contributed by atoms with E-state index in [-0.39, 0.29) is 35.7 Å². The van der Waals surface area contributed by atoms with E-state index in [9.17, 15) is 9.59 Å². The zero-order chi connectivity index (χ0) is 47.7. The van der Waals surface area contributed by atoms with Gasteiger partial charge in [-0.25, -0.2) is 0 Å². The molecule has 2 fully saturated rings. The Morgan fingerprint density at radius 1 is 0.271 bits per heavy atom. The molecule has 2 amide bonds. The number of amides is 2. The van der Waals surface area contributed by atoms with Gasteiger partial charge in [-0.3, -0.25) is 19.4 Å². The molecular formula is C64H64N4O2. The normalized spacial score (nSPS) is 14.4. The Bertz CT molecular complexity index is 2410. The van der Waals surface area contributed by atoms with Gasteiger partial charge in [-0.2, -0.15) is 0 Å². The molecule has 2 aliphatic heterocycles. The van der Waals surface area contributed by atoms with Crippen LogP contribution >= 0.6 is 0 Å². The van der Waals surface area contributed by atoms with Crippen LogP contribution in [0.4, 0.5) is 0 Å². The van der Waals surface area contributed by atoms with E-state index in [2.05, 4.69) is 238 Å². The monoisotopic (exact) mass is 921 g/mol. The Balaban J connectivity index is 0.000000174. The van der Waals surface area contributed by atoms with Crippen LogP contribution in [-0.2, 0) is 9.59 Å².